The molecule has 1 amide bonds. The van der Waals surface area contributed by atoms with Crippen LogP contribution in [0, 0.1) is 12.3 Å². The van der Waals surface area contributed by atoms with Crippen LogP contribution in [0.2, 0.25) is 0 Å². The molecule has 0 saturated heterocycles. The highest BCUT2D eigenvalue weighted by atomic mass is 32.1. The van der Waals surface area contributed by atoms with Crippen LogP contribution in [0.4, 0.5) is 0 Å². The monoisotopic (exact) mass is 207 g/mol. The second kappa shape index (κ2) is 6.22. The van der Waals surface area contributed by atoms with E-state index in [1.54, 1.807) is 11.3 Å². The highest BCUT2D eigenvalue weighted by molar-refractivity contribution is 7.09. The third kappa shape index (κ3) is 4.11. The van der Waals surface area contributed by atoms with Crippen molar-refractivity contribution in [1.29, 1.82) is 0 Å². The van der Waals surface area contributed by atoms with Gasteiger partial charge in [0.1, 0.15) is 0 Å². The van der Waals surface area contributed by atoms with E-state index in [2.05, 4.69) is 17.3 Å². The van der Waals surface area contributed by atoms with Crippen molar-refractivity contribution < 1.29 is 4.79 Å². The predicted molar refractivity (Wildman–Crippen MR) is 59.1 cm³/mol. The Morgan fingerprint density at radius 1 is 1.64 bits per heavy atom. The summed E-state index contributed by atoms with van der Waals surface area (Å²) in [4.78, 5) is 12.5. The van der Waals surface area contributed by atoms with E-state index in [-0.39, 0.29) is 5.91 Å². The van der Waals surface area contributed by atoms with E-state index in [1.165, 1.54) is 4.88 Å². The lowest BCUT2D eigenvalue weighted by Gasteiger charge is -2.00. The van der Waals surface area contributed by atoms with Crippen LogP contribution in [0.5, 0.6) is 0 Å². The number of terminal acetylenes is 1. The normalized spacial score (nSPS) is 9.36. The first kappa shape index (κ1) is 10.8. The van der Waals surface area contributed by atoms with Crippen molar-refractivity contribution in [3.63, 3.8) is 0 Å². The molecule has 74 valence electrons. The molecular weight excluding hydrogens is 194 g/mol. The Balaban J connectivity index is 2.10. The zero-order chi connectivity index (χ0) is 10.2. The van der Waals surface area contributed by atoms with E-state index in [0.717, 1.165) is 12.8 Å². The molecule has 0 aliphatic rings. The molecule has 0 aromatic carbocycles. The summed E-state index contributed by atoms with van der Waals surface area (Å²) < 4.78 is 0. The Hall–Kier alpha value is -1.27. The van der Waals surface area contributed by atoms with Gasteiger partial charge in [0.2, 0.25) is 5.91 Å². The minimum Gasteiger partial charge on any atom is -0.345 e. The molecule has 0 fully saturated rings. The molecule has 0 aliphatic carbocycles. The fourth-order valence-electron chi connectivity index (χ4n) is 1.12. The molecule has 1 rings (SSSR count). The van der Waals surface area contributed by atoms with Gasteiger partial charge in [-0.05, 0) is 24.3 Å². The van der Waals surface area contributed by atoms with Gasteiger partial charge in [-0.2, -0.15) is 0 Å². The van der Waals surface area contributed by atoms with Crippen LogP contribution in [0.1, 0.15) is 17.7 Å². The quantitative estimate of drug-likeness (QED) is 0.733. The fraction of sp³-hybridized carbons (Fsp3) is 0.364. The van der Waals surface area contributed by atoms with Crippen molar-refractivity contribution in [2.45, 2.75) is 19.3 Å². The number of hydrogen-bond donors (Lipinski definition) is 1. The average molecular weight is 207 g/mol. The molecule has 14 heavy (non-hydrogen) atoms. The van der Waals surface area contributed by atoms with Crippen molar-refractivity contribution in [1.82, 2.24) is 5.32 Å². The van der Waals surface area contributed by atoms with Crippen LogP contribution in [0.25, 0.3) is 0 Å². The summed E-state index contributed by atoms with van der Waals surface area (Å²) in [7, 11) is 0. The van der Waals surface area contributed by atoms with E-state index < -0.39 is 0 Å². The number of thiophene rings is 1. The molecule has 0 spiro atoms. The summed E-state index contributed by atoms with van der Waals surface area (Å²) in [6, 6.07) is 4.11. The van der Waals surface area contributed by atoms with Gasteiger partial charge in [-0.15, -0.1) is 17.8 Å². The minimum absolute atomic E-state index is 0.0412. The molecule has 3 heteroatoms. The number of aryl methyl sites for hydroxylation is 1. The average Bonchev–Trinajstić information content (AvgIpc) is 2.67. The Bertz CT molecular complexity index is 311. The molecule has 0 saturated carbocycles. The van der Waals surface area contributed by atoms with Crippen molar-refractivity contribution in [2.75, 3.05) is 6.54 Å². The molecule has 0 atom stereocenters. The van der Waals surface area contributed by atoms with Crippen molar-refractivity contribution >= 4 is 17.2 Å². The second-order valence-corrected chi connectivity index (χ2v) is 3.95. The van der Waals surface area contributed by atoms with Crippen molar-refractivity contribution in [2.24, 2.45) is 0 Å². The minimum atomic E-state index is 0.0412. The smallest absolute Gasteiger partial charge is 0.220 e. The SMILES string of the molecule is C#CCNC(=O)CCCc1cccs1. The van der Waals surface area contributed by atoms with Gasteiger partial charge in [-0.3, -0.25) is 4.79 Å². The predicted octanol–water partition coefficient (Wildman–Crippen LogP) is 1.82. The standard InChI is InChI=1S/C11H13NOS/c1-2-8-12-11(13)7-3-5-10-6-4-9-14-10/h1,4,6,9H,3,5,7-8H2,(H,12,13). The maximum Gasteiger partial charge on any atom is 0.220 e. The van der Waals surface area contributed by atoms with Gasteiger partial charge in [-0.25, -0.2) is 0 Å². The van der Waals surface area contributed by atoms with Gasteiger partial charge in [0.25, 0.3) is 0 Å². The van der Waals surface area contributed by atoms with E-state index in [0.29, 0.717) is 13.0 Å². The number of rotatable bonds is 5. The lowest BCUT2D eigenvalue weighted by atomic mass is 10.2. The molecule has 2 nitrogen and oxygen atoms in total. The van der Waals surface area contributed by atoms with E-state index >= 15 is 0 Å². The lowest BCUT2D eigenvalue weighted by Crippen LogP contribution is -2.23. The van der Waals surface area contributed by atoms with Gasteiger partial charge in [0.15, 0.2) is 0 Å². The van der Waals surface area contributed by atoms with Gasteiger partial charge < -0.3 is 5.32 Å². The molecule has 1 aromatic heterocycles. The molecule has 0 bridgehead atoms. The largest absolute Gasteiger partial charge is 0.345 e. The van der Waals surface area contributed by atoms with Gasteiger partial charge in [0.05, 0.1) is 6.54 Å². The van der Waals surface area contributed by atoms with Crippen LogP contribution < -0.4 is 5.32 Å². The fourth-order valence-corrected chi connectivity index (χ4v) is 1.87. The summed E-state index contributed by atoms with van der Waals surface area (Å²) in [6.45, 7) is 0.331. The maximum atomic E-state index is 11.1. The number of nitrogens with one attached hydrogen (secondary N) is 1. The molecule has 1 aromatic rings. The summed E-state index contributed by atoms with van der Waals surface area (Å²) in [5.74, 6) is 2.41. The van der Waals surface area contributed by atoms with Crippen LogP contribution in [0.3, 0.4) is 0 Å². The zero-order valence-corrected chi connectivity index (χ0v) is 8.77. The van der Waals surface area contributed by atoms with Gasteiger partial charge in [-0.1, -0.05) is 12.0 Å². The second-order valence-electron chi connectivity index (χ2n) is 2.91. The Labute approximate surface area is 88.3 Å². The molecule has 0 unspecified atom stereocenters. The zero-order valence-electron chi connectivity index (χ0n) is 7.95. The Kier molecular flexibility index (Phi) is 4.81. The summed E-state index contributed by atoms with van der Waals surface area (Å²) in [6.07, 6.45) is 7.43. The summed E-state index contributed by atoms with van der Waals surface area (Å²) in [5, 5.41) is 4.69. The highest BCUT2D eigenvalue weighted by Gasteiger charge is 2.00. The molecule has 0 aliphatic heterocycles. The van der Waals surface area contributed by atoms with Crippen LogP contribution in [0.15, 0.2) is 17.5 Å². The highest BCUT2D eigenvalue weighted by Crippen LogP contribution is 2.11. The number of amides is 1. The first-order valence-corrected chi connectivity index (χ1v) is 5.43. The van der Waals surface area contributed by atoms with E-state index in [9.17, 15) is 4.79 Å². The molecule has 1 N–H and O–H groups in total. The Morgan fingerprint density at radius 2 is 2.50 bits per heavy atom. The molecule has 0 radical (unpaired) electrons. The third-order valence-corrected chi connectivity index (χ3v) is 2.73. The van der Waals surface area contributed by atoms with Gasteiger partial charge >= 0.3 is 0 Å². The lowest BCUT2D eigenvalue weighted by molar-refractivity contribution is -0.120. The molecular formula is C11H13NOS. The maximum absolute atomic E-state index is 11.1. The van der Waals surface area contributed by atoms with Crippen molar-refractivity contribution in [3.8, 4) is 12.3 Å². The first-order chi connectivity index (χ1) is 6.83. The molecule has 1 heterocycles. The number of carbonyl (C=O) groups excluding carboxylic acids is 1. The third-order valence-electron chi connectivity index (χ3n) is 1.79. The van der Waals surface area contributed by atoms with Crippen LogP contribution in [-0.2, 0) is 11.2 Å². The van der Waals surface area contributed by atoms with E-state index in [1.807, 2.05) is 11.4 Å². The first-order valence-electron chi connectivity index (χ1n) is 4.55. The summed E-state index contributed by atoms with van der Waals surface area (Å²) >= 11 is 1.73. The van der Waals surface area contributed by atoms with E-state index in [4.69, 9.17) is 6.42 Å². The van der Waals surface area contributed by atoms with Crippen LogP contribution >= 0.6 is 11.3 Å². The van der Waals surface area contributed by atoms with Gasteiger partial charge in [0, 0.05) is 11.3 Å². The number of carbonyl (C=O) groups is 1. The number of hydrogen-bond acceptors (Lipinski definition) is 2. The summed E-state index contributed by atoms with van der Waals surface area (Å²) in [5.41, 5.74) is 0. The van der Waals surface area contributed by atoms with Crippen LogP contribution in [-0.4, -0.2) is 12.5 Å². The van der Waals surface area contributed by atoms with Crippen molar-refractivity contribution in [3.05, 3.63) is 22.4 Å². The Morgan fingerprint density at radius 3 is 3.14 bits per heavy atom. The topological polar surface area (TPSA) is 29.1 Å².